The van der Waals surface area contributed by atoms with E-state index in [0.717, 1.165) is 14.9 Å². The number of carbonyl (C=O) groups excluding carboxylic acids is 3. The third-order valence-corrected chi connectivity index (χ3v) is 7.26. The van der Waals surface area contributed by atoms with Crippen LogP contribution in [0.3, 0.4) is 0 Å². The summed E-state index contributed by atoms with van der Waals surface area (Å²) < 4.78 is 20.7. The molecule has 2 aromatic rings. The number of likely N-dealkylation sites (N-methyl/N-ethyl adjacent to an activating group) is 1. The highest BCUT2D eigenvalue weighted by Crippen LogP contribution is 2.40. The first-order valence-corrected chi connectivity index (χ1v) is 13.4. The molecule has 0 spiro atoms. The zero-order valence-corrected chi connectivity index (χ0v) is 24.3. The standard InChI is InChI=1S/C25H32FIN4O4S/c1-24(2,3)35-23(34)31(6)10-9-28-20(32)18-15-12-25(4,5)13-29-21(33)19(15)36-22(18)30-17-8-7-14(27)11-16(17)26/h7-8,11,30H,9-10,12-13H2,1-6H3,(H,28,32)(H,29,33). The summed E-state index contributed by atoms with van der Waals surface area (Å²) in [5.41, 5.74) is 0.260. The zero-order valence-electron chi connectivity index (χ0n) is 21.3. The van der Waals surface area contributed by atoms with E-state index in [9.17, 15) is 18.8 Å². The van der Waals surface area contributed by atoms with Crippen molar-refractivity contribution in [2.24, 2.45) is 5.41 Å². The number of carbonyl (C=O) groups is 3. The van der Waals surface area contributed by atoms with Gasteiger partial charge in [-0.25, -0.2) is 9.18 Å². The largest absolute Gasteiger partial charge is 0.444 e. The summed E-state index contributed by atoms with van der Waals surface area (Å²) in [5.74, 6) is -1.11. The van der Waals surface area contributed by atoms with Gasteiger partial charge in [0.15, 0.2) is 0 Å². The van der Waals surface area contributed by atoms with Gasteiger partial charge in [-0.2, -0.15) is 0 Å². The molecule has 3 amide bonds. The van der Waals surface area contributed by atoms with Crippen LogP contribution in [0, 0.1) is 14.8 Å². The van der Waals surface area contributed by atoms with Crippen molar-refractivity contribution in [3.05, 3.63) is 43.6 Å². The van der Waals surface area contributed by atoms with Crippen molar-refractivity contribution in [3.63, 3.8) is 0 Å². The van der Waals surface area contributed by atoms with Crippen LogP contribution in [-0.4, -0.2) is 55.1 Å². The Kier molecular flexibility index (Phi) is 8.54. The molecule has 0 radical (unpaired) electrons. The molecule has 196 valence electrons. The number of fused-ring (bicyclic) bond motifs is 1. The highest BCUT2D eigenvalue weighted by Gasteiger charge is 2.34. The average molecular weight is 631 g/mol. The Hall–Kier alpha value is -2.41. The van der Waals surface area contributed by atoms with Gasteiger partial charge in [0.1, 0.15) is 16.4 Å². The van der Waals surface area contributed by atoms with E-state index in [1.54, 1.807) is 40.0 Å². The van der Waals surface area contributed by atoms with Gasteiger partial charge < -0.3 is 25.6 Å². The summed E-state index contributed by atoms with van der Waals surface area (Å²) in [7, 11) is 1.59. The Morgan fingerprint density at radius 1 is 1.31 bits per heavy atom. The Bertz CT molecular complexity index is 1180. The number of amides is 3. The third-order valence-electron chi connectivity index (χ3n) is 5.44. The van der Waals surface area contributed by atoms with Crippen molar-refractivity contribution in [3.8, 4) is 0 Å². The molecule has 36 heavy (non-hydrogen) atoms. The average Bonchev–Trinajstić information content (AvgIpc) is 3.04. The zero-order chi connectivity index (χ0) is 26.8. The normalized spacial score (nSPS) is 14.8. The molecule has 8 nitrogen and oxygen atoms in total. The second kappa shape index (κ2) is 10.9. The lowest BCUT2D eigenvalue weighted by Crippen LogP contribution is -2.39. The Morgan fingerprint density at radius 3 is 2.64 bits per heavy atom. The molecule has 0 atom stereocenters. The molecule has 0 aliphatic carbocycles. The van der Waals surface area contributed by atoms with Crippen molar-refractivity contribution < 1.29 is 23.5 Å². The van der Waals surface area contributed by atoms with Gasteiger partial charge in [-0.05, 0) is 79.0 Å². The molecular weight excluding hydrogens is 598 g/mol. The van der Waals surface area contributed by atoms with Crippen LogP contribution in [-0.2, 0) is 11.2 Å². The number of hydrogen-bond donors (Lipinski definition) is 3. The number of thiophene rings is 1. The van der Waals surface area contributed by atoms with Crippen molar-refractivity contribution >= 4 is 62.5 Å². The number of hydrogen-bond acceptors (Lipinski definition) is 6. The number of nitrogens with zero attached hydrogens (tertiary/aromatic N) is 1. The molecule has 0 fully saturated rings. The fraction of sp³-hybridized carbons (Fsp3) is 0.480. The first-order chi connectivity index (χ1) is 16.7. The summed E-state index contributed by atoms with van der Waals surface area (Å²) in [6.45, 7) is 10.3. The number of rotatable bonds is 6. The van der Waals surface area contributed by atoms with Gasteiger partial charge in [-0.3, -0.25) is 9.59 Å². The van der Waals surface area contributed by atoms with Gasteiger partial charge in [-0.15, -0.1) is 11.3 Å². The van der Waals surface area contributed by atoms with Gasteiger partial charge in [0.25, 0.3) is 11.8 Å². The molecule has 2 heterocycles. The SMILES string of the molecule is CN(CCNC(=O)c1c(Nc2ccc(I)cc2F)sc2c1CC(C)(C)CNC2=O)C(=O)OC(C)(C)C. The van der Waals surface area contributed by atoms with Gasteiger partial charge in [0.05, 0.1) is 16.1 Å². The fourth-order valence-corrected chi connectivity index (χ4v) is 5.25. The van der Waals surface area contributed by atoms with E-state index in [0.29, 0.717) is 34.0 Å². The van der Waals surface area contributed by atoms with E-state index in [4.69, 9.17) is 4.74 Å². The van der Waals surface area contributed by atoms with E-state index in [2.05, 4.69) is 16.0 Å². The number of halogens is 2. The van der Waals surface area contributed by atoms with Crippen molar-refractivity contribution in [1.29, 1.82) is 0 Å². The summed E-state index contributed by atoms with van der Waals surface area (Å²) in [6, 6.07) is 4.75. The molecule has 0 unspecified atom stereocenters. The molecule has 0 saturated carbocycles. The van der Waals surface area contributed by atoms with Crippen LogP contribution in [0.5, 0.6) is 0 Å². The number of ether oxygens (including phenoxy) is 1. The molecule has 3 rings (SSSR count). The second-order valence-electron chi connectivity index (χ2n) is 10.5. The summed E-state index contributed by atoms with van der Waals surface area (Å²) in [6.07, 6.45) is 0.00532. The minimum Gasteiger partial charge on any atom is -0.444 e. The molecule has 3 N–H and O–H groups in total. The second-order valence-corrected chi connectivity index (χ2v) is 12.8. The quantitative estimate of drug-likeness (QED) is 0.384. The van der Waals surface area contributed by atoms with Crippen LogP contribution >= 0.6 is 33.9 Å². The maximum Gasteiger partial charge on any atom is 0.410 e. The van der Waals surface area contributed by atoms with E-state index < -0.39 is 23.4 Å². The van der Waals surface area contributed by atoms with Gasteiger partial charge in [-0.1, -0.05) is 13.8 Å². The number of anilines is 2. The highest BCUT2D eigenvalue weighted by molar-refractivity contribution is 14.1. The van der Waals surface area contributed by atoms with Gasteiger partial charge in [0, 0.05) is 30.3 Å². The molecular formula is C25H32FIN4O4S. The first-order valence-electron chi connectivity index (χ1n) is 11.5. The van der Waals surface area contributed by atoms with Crippen LogP contribution in [0.15, 0.2) is 18.2 Å². The van der Waals surface area contributed by atoms with Crippen LogP contribution in [0.2, 0.25) is 0 Å². The number of nitrogens with one attached hydrogen (secondary N) is 3. The van der Waals surface area contributed by atoms with Crippen LogP contribution < -0.4 is 16.0 Å². The highest BCUT2D eigenvalue weighted by atomic mass is 127. The van der Waals surface area contributed by atoms with Crippen LogP contribution in [0.25, 0.3) is 0 Å². The molecule has 1 aliphatic rings. The Balaban J connectivity index is 1.87. The Labute approximate surface area is 228 Å². The van der Waals surface area contributed by atoms with Crippen molar-refractivity contribution in [1.82, 2.24) is 15.5 Å². The summed E-state index contributed by atoms with van der Waals surface area (Å²) in [5, 5.41) is 9.20. The topological polar surface area (TPSA) is 99.8 Å². The van der Waals surface area contributed by atoms with Gasteiger partial charge in [0.2, 0.25) is 0 Å². The van der Waals surface area contributed by atoms with Crippen LogP contribution in [0.1, 0.15) is 60.2 Å². The molecule has 11 heteroatoms. The molecule has 0 saturated heterocycles. The maximum absolute atomic E-state index is 14.6. The van der Waals surface area contributed by atoms with E-state index in [1.165, 1.54) is 11.0 Å². The molecule has 1 aromatic carbocycles. The third kappa shape index (κ3) is 7.09. The Morgan fingerprint density at radius 2 is 2.00 bits per heavy atom. The van der Waals surface area contributed by atoms with Crippen molar-refractivity contribution in [2.75, 3.05) is 32.0 Å². The van der Waals surface area contributed by atoms with E-state index >= 15 is 0 Å². The van der Waals surface area contributed by atoms with Crippen LogP contribution in [0.4, 0.5) is 19.9 Å². The lowest BCUT2D eigenvalue weighted by atomic mass is 9.85. The minimum absolute atomic E-state index is 0.173. The van der Waals surface area contributed by atoms with Gasteiger partial charge >= 0.3 is 6.09 Å². The monoisotopic (exact) mass is 630 g/mol. The lowest BCUT2D eigenvalue weighted by molar-refractivity contribution is 0.0299. The first kappa shape index (κ1) is 28.2. The lowest BCUT2D eigenvalue weighted by Gasteiger charge is -2.25. The van der Waals surface area contributed by atoms with E-state index in [1.807, 2.05) is 36.4 Å². The summed E-state index contributed by atoms with van der Waals surface area (Å²) in [4.78, 5) is 40.3. The van der Waals surface area contributed by atoms with E-state index in [-0.39, 0.29) is 30.1 Å². The molecule has 0 bridgehead atoms. The minimum atomic E-state index is -0.623. The maximum atomic E-state index is 14.6. The molecule has 1 aromatic heterocycles. The fourth-order valence-electron chi connectivity index (χ4n) is 3.66. The number of benzene rings is 1. The predicted molar refractivity (Wildman–Crippen MR) is 148 cm³/mol. The summed E-state index contributed by atoms with van der Waals surface area (Å²) >= 11 is 3.16. The van der Waals surface area contributed by atoms with Crippen molar-refractivity contribution in [2.45, 2.75) is 46.6 Å². The predicted octanol–water partition coefficient (Wildman–Crippen LogP) is 5.14. The smallest absolute Gasteiger partial charge is 0.410 e. The molecule has 1 aliphatic heterocycles.